The lowest BCUT2D eigenvalue weighted by Crippen LogP contribution is -2.29. The maximum absolute atomic E-state index is 13.5. The molecule has 528 valence electrons. The van der Waals surface area contributed by atoms with Crippen molar-refractivity contribution in [2.24, 2.45) is 0 Å². The lowest BCUT2D eigenvalue weighted by Gasteiger charge is -2.12. The molecule has 3 amide bonds. The summed E-state index contributed by atoms with van der Waals surface area (Å²) in [6.45, 7) is 14.5. The predicted octanol–water partition coefficient (Wildman–Crippen LogP) is 9.76. The molecule has 21 nitrogen and oxygen atoms in total. The average molecular weight is 1290 g/mol. The van der Waals surface area contributed by atoms with Crippen molar-refractivity contribution in [1.29, 1.82) is 0 Å². The van der Waals surface area contributed by atoms with Crippen LogP contribution in [0.25, 0.3) is 0 Å². The van der Waals surface area contributed by atoms with Gasteiger partial charge in [0.1, 0.15) is 0 Å². The van der Waals surface area contributed by atoms with Crippen molar-refractivity contribution in [3.63, 3.8) is 0 Å². The molecule has 0 fully saturated rings. The van der Waals surface area contributed by atoms with E-state index in [0.717, 1.165) is 96.9 Å². The second-order valence-corrected chi connectivity index (χ2v) is 22.7. The van der Waals surface area contributed by atoms with E-state index in [2.05, 4.69) is 16.0 Å². The topological polar surface area (TPSA) is 259 Å². The molecule has 0 aliphatic rings. The molecule has 0 saturated heterocycles. The number of amides is 3. The van der Waals surface area contributed by atoms with Crippen molar-refractivity contribution >= 4 is 17.7 Å². The van der Waals surface area contributed by atoms with Crippen molar-refractivity contribution in [2.45, 2.75) is 193 Å². The summed E-state index contributed by atoms with van der Waals surface area (Å²) < 4.78 is 65.3. The van der Waals surface area contributed by atoms with Gasteiger partial charge in [0.2, 0.25) is 0 Å². The fourth-order valence-electron chi connectivity index (χ4n) is 9.64. The zero-order chi connectivity index (χ0) is 64.6. The summed E-state index contributed by atoms with van der Waals surface area (Å²) in [5.41, 5.74) is 0.964. The highest BCUT2D eigenvalue weighted by molar-refractivity contribution is 6.04. The van der Waals surface area contributed by atoms with Gasteiger partial charge in [0.25, 0.3) is 17.7 Å². The molecule has 0 saturated carbocycles. The van der Waals surface area contributed by atoms with Crippen LogP contribution in [0.2, 0.25) is 0 Å². The predicted molar refractivity (Wildman–Crippen MR) is 353 cm³/mol. The van der Waals surface area contributed by atoms with Crippen LogP contribution in [-0.2, 0) is 56.8 Å². The Kier molecular flexibility index (Phi) is 67.9. The zero-order valence-corrected chi connectivity index (χ0v) is 56.1. The smallest absolute Gasteiger partial charge is 0.251 e. The third kappa shape index (κ3) is 61.2. The summed E-state index contributed by atoms with van der Waals surface area (Å²) in [7, 11) is 0. The maximum Gasteiger partial charge on any atom is 0.251 e. The Hall–Kier alpha value is -2.97. The Labute approximate surface area is 543 Å². The molecule has 0 aliphatic carbocycles. The maximum atomic E-state index is 13.5. The molecule has 21 heteroatoms. The van der Waals surface area contributed by atoms with E-state index in [1.54, 1.807) is 18.2 Å². The van der Waals surface area contributed by atoms with Crippen LogP contribution in [0.5, 0.6) is 0 Å². The van der Waals surface area contributed by atoms with Crippen molar-refractivity contribution in [3.05, 3.63) is 34.9 Å². The second kappa shape index (κ2) is 71.9. The van der Waals surface area contributed by atoms with E-state index in [1.807, 2.05) is 0 Å². The molecule has 0 bridgehead atoms. The van der Waals surface area contributed by atoms with E-state index in [0.29, 0.717) is 175 Å². The molecule has 1 aromatic rings. The molecule has 0 unspecified atom stereocenters. The van der Waals surface area contributed by atoms with Gasteiger partial charge < -0.3 is 88.1 Å². The molecule has 0 atom stereocenters. The van der Waals surface area contributed by atoms with Crippen molar-refractivity contribution in [1.82, 2.24) is 16.0 Å². The normalized spacial score (nSPS) is 11.5. The van der Waals surface area contributed by atoms with Gasteiger partial charge in [-0.2, -0.15) is 0 Å². The fourth-order valence-corrected chi connectivity index (χ4v) is 9.64. The number of benzene rings is 1. The average Bonchev–Trinajstić information content (AvgIpc) is 2.70. The third-order valence-electron chi connectivity index (χ3n) is 14.8. The van der Waals surface area contributed by atoms with E-state index in [4.69, 9.17) is 72.2 Å². The van der Waals surface area contributed by atoms with Gasteiger partial charge >= 0.3 is 0 Å². The number of nitrogens with one attached hydrogen (secondary N) is 3. The van der Waals surface area contributed by atoms with Crippen LogP contribution in [0.3, 0.4) is 0 Å². The molecule has 0 heterocycles. The summed E-state index contributed by atoms with van der Waals surface area (Å²) in [4.78, 5) is 40.6. The lowest BCUT2D eigenvalue weighted by atomic mass is 10.0. The Morgan fingerprint density at radius 3 is 0.533 bits per heavy atom. The highest BCUT2D eigenvalue weighted by atomic mass is 16.6. The fraction of sp³-hybridized carbons (Fsp3) is 0.870. The SMILES string of the molecule is O=C(NCCCCCCCCCCCCOCCOCCOCCOCCO)c1cc(C(=O)NCCCCCCCCCCCCOCCOCCOCCOCCO)cc(C(=O)NCCCCCCCCCCCCOCCOCCOCCOCCO)c1. The third-order valence-corrected chi connectivity index (χ3v) is 14.8. The number of carbonyl (C=O) groups is 3. The van der Waals surface area contributed by atoms with Crippen molar-refractivity contribution in [3.8, 4) is 0 Å². The number of unbranched alkanes of at least 4 members (excludes halogenated alkanes) is 27. The lowest BCUT2D eigenvalue weighted by molar-refractivity contribution is -0.00577. The van der Waals surface area contributed by atoms with Crippen LogP contribution in [0, 0.1) is 0 Å². The highest BCUT2D eigenvalue weighted by Crippen LogP contribution is 2.16. The number of ether oxygens (including phenoxy) is 12. The molecule has 6 N–H and O–H groups in total. The van der Waals surface area contributed by atoms with Gasteiger partial charge in [0.05, 0.1) is 159 Å². The van der Waals surface area contributed by atoms with E-state index in [1.165, 1.54) is 116 Å². The minimum atomic E-state index is -0.274. The van der Waals surface area contributed by atoms with Crippen LogP contribution in [0.1, 0.15) is 224 Å². The number of hydrogen-bond acceptors (Lipinski definition) is 18. The van der Waals surface area contributed by atoms with Gasteiger partial charge in [0.15, 0.2) is 0 Å². The number of carbonyl (C=O) groups excluding carboxylic acids is 3. The first-order valence-electron chi connectivity index (χ1n) is 35.3. The summed E-state index contributed by atoms with van der Waals surface area (Å²) >= 11 is 0. The largest absolute Gasteiger partial charge is 0.394 e. The van der Waals surface area contributed by atoms with Crippen LogP contribution in [0.4, 0.5) is 0 Å². The van der Waals surface area contributed by atoms with E-state index < -0.39 is 0 Å². The number of aliphatic hydroxyl groups is 3. The minimum absolute atomic E-state index is 0.0231. The van der Waals surface area contributed by atoms with Gasteiger partial charge in [-0.25, -0.2) is 0 Å². The monoisotopic (exact) mass is 1290 g/mol. The molecule has 1 aromatic carbocycles. The Morgan fingerprint density at radius 2 is 0.356 bits per heavy atom. The molecular formula is C69H129N3O18. The molecule has 0 aliphatic heterocycles. The van der Waals surface area contributed by atoms with E-state index in [-0.39, 0.29) is 37.5 Å². The van der Waals surface area contributed by atoms with Crippen LogP contribution in [-0.4, -0.2) is 231 Å². The van der Waals surface area contributed by atoms with Crippen LogP contribution < -0.4 is 16.0 Å². The molecule has 1 rings (SSSR count). The molecule has 0 radical (unpaired) electrons. The first-order chi connectivity index (χ1) is 44.5. The zero-order valence-electron chi connectivity index (χ0n) is 56.1. The molecular weight excluding hydrogens is 1160 g/mol. The van der Waals surface area contributed by atoms with Crippen LogP contribution in [0.15, 0.2) is 18.2 Å². The number of rotatable bonds is 75. The summed E-state index contributed by atoms with van der Waals surface area (Å²) in [6.07, 6.45) is 33.9. The summed E-state index contributed by atoms with van der Waals surface area (Å²) in [5.74, 6) is -0.822. The van der Waals surface area contributed by atoms with Gasteiger partial charge in [-0.3, -0.25) is 14.4 Å². The number of aliphatic hydroxyl groups excluding tert-OH is 3. The van der Waals surface area contributed by atoms with Gasteiger partial charge in [-0.05, 0) is 56.7 Å². The van der Waals surface area contributed by atoms with Gasteiger partial charge in [0, 0.05) is 56.1 Å². The second-order valence-electron chi connectivity index (χ2n) is 22.7. The van der Waals surface area contributed by atoms with Crippen molar-refractivity contribution < 1.29 is 86.5 Å². The number of hydrogen-bond donors (Lipinski definition) is 6. The van der Waals surface area contributed by atoms with E-state index >= 15 is 0 Å². The molecule has 0 spiro atoms. The molecule has 0 aromatic heterocycles. The standard InChI is InChI=1S/C69H129N3O18/c73-34-40-82-46-52-88-58-55-85-49-43-79-37-28-22-16-10-4-1-7-13-19-25-31-70-67(76)64-61-65(68(77)71-32-26-20-14-8-2-5-11-17-23-29-38-80-44-50-86-56-59-89-53-47-83-41-35-74)63-66(62-64)69(78)72-33-27-21-15-9-3-6-12-18-24-30-39-81-45-51-87-57-60-90-54-48-84-42-36-75/h61-63,73-75H,1-60H2,(H,70,76)(H,71,77)(H,72,78). The van der Waals surface area contributed by atoms with E-state index in [9.17, 15) is 14.4 Å². The van der Waals surface area contributed by atoms with Crippen LogP contribution >= 0.6 is 0 Å². The minimum Gasteiger partial charge on any atom is -0.394 e. The van der Waals surface area contributed by atoms with Gasteiger partial charge in [-0.15, -0.1) is 0 Å². The van der Waals surface area contributed by atoms with Crippen molar-refractivity contribution in [2.75, 3.05) is 198 Å². The first-order valence-corrected chi connectivity index (χ1v) is 35.3. The quantitative estimate of drug-likeness (QED) is 0.0332. The Bertz CT molecular complexity index is 1480. The Morgan fingerprint density at radius 1 is 0.211 bits per heavy atom. The summed E-state index contributed by atoms with van der Waals surface area (Å²) in [5, 5.41) is 35.2. The van der Waals surface area contributed by atoms with Gasteiger partial charge in [-0.1, -0.05) is 154 Å². The molecule has 90 heavy (non-hydrogen) atoms. The first kappa shape index (κ1) is 85.0. The highest BCUT2D eigenvalue weighted by Gasteiger charge is 2.17. The summed E-state index contributed by atoms with van der Waals surface area (Å²) in [6, 6.07) is 4.84. The Balaban J connectivity index is 2.34.